The van der Waals surface area contributed by atoms with Gasteiger partial charge in [-0.15, -0.1) is 0 Å². The van der Waals surface area contributed by atoms with Gasteiger partial charge in [0.05, 0.1) is 6.54 Å². The number of hydrogen-bond acceptors (Lipinski definition) is 3. The zero-order valence-corrected chi connectivity index (χ0v) is 12.5. The number of nitrogens with two attached hydrogens (primary N) is 1. The lowest BCUT2D eigenvalue weighted by atomic mass is 9.96. The van der Waals surface area contributed by atoms with Crippen molar-refractivity contribution in [1.29, 1.82) is 0 Å². The Labute approximate surface area is 115 Å². The van der Waals surface area contributed by atoms with Crippen LogP contribution in [0.1, 0.15) is 25.7 Å². The molecule has 0 aromatic rings. The first-order chi connectivity index (χ1) is 8.64. The smallest absolute Gasteiger partial charge is 0.191 e. The lowest BCUT2D eigenvalue weighted by molar-refractivity contribution is 0.167. The Morgan fingerprint density at radius 3 is 2.44 bits per heavy atom. The minimum Gasteiger partial charge on any atom is -0.370 e. The average Bonchev–Trinajstić information content (AvgIpc) is 2.87. The summed E-state index contributed by atoms with van der Waals surface area (Å²) < 4.78 is 0. The van der Waals surface area contributed by atoms with Crippen molar-refractivity contribution < 1.29 is 0 Å². The highest BCUT2D eigenvalue weighted by molar-refractivity contribution is 7.99. The predicted molar refractivity (Wildman–Crippen MR) is 80.3 cm³/mol. The van der Waals surface area contributed by atoms with Crippen molar-refractivity contribution in [3.8, 4) is 0 Å². The number of thioether (sulfide) groups is 1. The van der Waals surface area contributed by atoms with Gasteiger partial charge in [0.1, 0.15) is 0 Å². The zero-order chi connectivity index (χ0) is 13.0. The normalized spacial score (nSPS) is 24.8. The molecule has 2 fully saturated rings. The molecule has 0 radical (unpaired) electrons. The van der Waals surface area contributed by atoms with E-state index >= 15 is 0 Å². The monoisotopic (exact) mass is 270 g/mol. The molecule has 1 saturated carbocycles. The van der Waals surface area contributed by atoms with Crippen LogP contribution in [0.15, 0.2) is 4.99 Å². The molecule has 0 amide bonds. The van der Waals surface area contributed by atoms with Gasteiger partial charge in [-0.3, -0.25) is 4.99 Å². The van der Waals surface area contributed by atoms with Gasteiger partial charge in [0.15, 0.2) is 5.96 Å². The van der Waals surface area contributed by atoms with Gasteiger partial charge >= 0.3 is 0 Å². The van der Waals surface area contributed by atoms with Crippen LogP contribution in [0.5, 0.6) is 0 Å². The Morgan fingerprint density at radius 1 is 1.28 bits per heavy atom. The van der Waals surface area contributed by atoms with E-state index in [2.05, 4.69) is 23.9 Å². The van der Waals surface area contributed by atoms with Crippen LogP contribution in [-0.4, -0.2) is 66.5 Å². The Kier molecular flexibility index (Phi) is 4.78. The van der Waals surface area contributed by atoms with Crippen LogP contribution in [0.3, 0.4) is 0 Å². The van der Waals surface area contributed by atoms with Crippen LogP contribution in [-0.2, 0) is 0 Å². The first kappa shape index (κ1) is 14.0. The van der Waals surface area contributed by atoms with Gasteiger partial charge < -0.3 is 15.5 Å². The summed E-state index contributed by atoms with van der Waals surface area (Å²) in [4.78, 5) is 9.27. The third kappa shape index (κ3) is 3.12. The minimum atomic E-state index is 0.259. The summed E-state index contributed by atoms with van der Waals surface area (Å²) in [6, 6.07) is 0. The largest absolute Gasteiger partial charge is 0.370 e. The third-order valence-corrected chi connectivity index (χ3v) is 5.30. The van der Waals surface area contributed by atoms with Gasteiger partial charge in [0, 0.05) is 30.1 Å². The Bertz CT molecular complexity index is 291. The van der Waals surface area contributed by atoms with E-state index in [0.29, 0.717) is 0 Å². The summed E-state index contributed by atoms with van der Waals surface area (Å²) in [7, 11) is 4.35. The SMILES string of the molecule is CN(C)C1(CN=C(N)N2CCSCC2)CCCC1. The number of rotatable bonds is 3. The molecule has 1 aliphatic carbocycles. The molecule has 2 aliphatic rings. The molecule has 104 valence electrons. The van der Waals surface area contributed by atoms with Gasteiger partial charge in [-0.1, -0.05) is 12.8 Å². The fourth-order valence-corrected chi connectivity index (χ4v) is 3.80. The van der Waals surface area contributed by atoms with Crippen LogP contribution in [0.25, 0.3) is 0 Å². The van der Waals surface area contributed by atoms with Gasteiger partial charge in [-0.25, -0.2) is 0 Å². The molecule has 0 aromatic carbocycles. The molecule has 1 saturated heterocycles. The summed E-state index contributed by atoms with van der Waals surface area (Å²) in [5, 5.41) is 0. The Hall–Kier alpha value is -0.420. The molecular formula is C13H26N4S. The van der Waals surface area contributed by atoms with Crippen LogP contribution in [0, 0.1) is 0 Å². The quantitative estimate of drug-likeness (QED) is 0.619. The van der Waals surface area contributed by atoms with Gasteiger partial charge in [-0.2, -0.15) is 11.8 Å². The standard InChI is InChI=1S/C13H26N4S/c1-16(2)13(5-3-4-6-13)11-15-12(14)17-7-9-18-10-8-17/h3-11H2,1-2H3,(H2,14,15). The van der Waals surface area contributed by atoms with E-state index in [4.69, 9.17) is 10.7 Å². The second-order valence-electron chi connectivity index (χ2n) is 5.60. The van der Waals surface area contributed by atoms with Crippen molar-refractivity contribution in [1.82, 2.24) is 9.80 Å². The molecule has 0 unspecified atom stereocenters. The van der Waals surface area contributed by atoms with Crippen LogP contribution in [0.4, 0.5) is 0 Å². The maximum absolute atomic E-state index is 6.13. The predicted octanol–water partition coefficient (Wildman–Crippen LogP) is 1.22. The summed E-state index contributed by atoms with van der Waals surface area (Å²) in [5.74, 6) is 3.10. The molecule has 2 N–H and O–H groups in total. The van der Waals surface area contributed by atoms with E-state index in [-0.39, 0.29) is 5.54 Å². The second kappa shape index (κ2) is 6.15. The first-order valence-electron chi connectivity index (χ1n) is 6.94. The fourth-order valence-electron chi connectivity index (χ4n) is 2.90. The lowest BCUT2D eigenvalue weighted by Crippen LogP contribution is -2.47. The second-order valence-corrected chi connectivity index (χ2v) is 6.82. The summed E-state index contributed by atoms with van der Waals surface area (Å²) in [6.07, 6.45) is 5.17. The maximum Gasteiger partial charge on any atom is 0.191 e. The van der Waals surface area contributed by atoms with Gasteiger partial charge in [0.25, 0.3) is 0 Å². The van der Waals surface area contributed by atoms with Gasteiger partial charge in [0.2, 0.25) is 0 Å². The van der Waals surface area contributed by atoms with Crippen molar-refractivity contribution >= 4 is 17.7 Å². The van der Waals surface area contributed by atoms with Crippen LogP contribution < -0.4 is 5.73 Å². The molecule has 0 bridgehead atoms. The minimum absolute atomic E-state index is 0.259. The van der Waals surface area contributed by atoms with Crippen molar-refractivity contribution in [2.45, 2.75) is 31.2 Å². The highest BCUT2D eigenvalue weighted by atomic mass is 32.2. The topological polar surface area (TPSA) is 44.9 Å². The molecule has 4 nitrogen and oxygen atoms in total. The third-order valence-electron chi connectivity index (χ3n) is 4.35. The van der Waals surface area contributed by atoms with E-state index in [1.54, 1.807) is 0 Å². The van der Waals surface area contributed by atoms with Crippen molar-refractivity contribution in [2.75, 3.05) is 45.2 Å². The van der Waals surface area contributed by atoms with E-state index < -0.39 is 0 Å². The fraction of sp³-hybridized carbons (Fsp3) is 0.923. The molecule has 1 heterocycles. The van der Waals surface area contributed by atoms with Crippen molar-refractivity contribution in [3.05, 3.63) is 0 Å². The molecule has 5 heteroatoms. The number of likely N-dealkylation sites (N-methyl/N-ethyl adjacent to an activating group) is 1. The summed E-state index contributed by atoms with van der Waals surface area (Å²) in [5.41, 5.74) is 6.39. The molecule has 1 aliphatic heterocycles. The van der Waals surface area contributed by atoms with E-state index in [0.717, 1.165) is 25.6 Å². The number of nitrogens with zero attached hydrogens (tertiary/aromatic N) is 3. The van der Waals surface area contributed by atoms with E-state index in [1.807, 2.05) is 11.8 Å². The van der Waals surface area contributed by atoms with E-state index in [1.165, 1.54) is 37.2 Å². The number of hydrogen-bond donors (Lipinski definition) is 1. The molecule has 0 aromatic heterocycles. The number of guanidine groups is 1. The molecule has 0 spiro atoms. The van der Waals surface area contributed by atoms with Crippen LogP contribution >= 0.6 is 11.8 Å². The van der Waals surface area contributed by atoms with Crippen molar-refractivity contribution in [3.63, 3.8) is 0 Å². The van der Waals surface area contributed by atoms with Gasteiger partial charge in [-0.05, 0) is 26.9 Å². The molecule has 2 rings (SSSR count). The lowest BCUT2D eigenvalue weighted by Gasteiger charge is -2.35. The summed E-state index contributed by atoms with van der Waals surface area (Å²) >= 11 is 2.00. The molecule has 0 atom stereocenters. The van der Waals surface area contributed by atoms with E-state index in [9.17, 15) is 0 Å². The van der Waals surface area contributed by atoms with Crippen LogP contribution in [0.2, 0.25) is 0 Å². The summed E-state index contributed by atoms with van der Waals surface area (Å²) in [6.45, 7) is 2.96. The molecular weight excluding hydrogens is 244 g/mol. The number of aliphatic imine (C=N–C) groups is 1. The highest BCUT2D eigenvalue weighted by Gasteiger charge is 2.35. The average molecular weight is 270 g/mol. The van der Waals surface area contributed by atoms with Crippen molar-refractivity contribution in [2.24, 2.45) is 10.7 Å². The molecule has 18 heavy (non-hydrogen) atoms. The highest BCUT2D eigenvalue weighted by Crippen LogP contribution is 2.33. The zero-order valence-electron chi connectivity index (χ0n) is 11.7. The maximum atomic E-state index is 6.13. The Balaban J connectivity index is 1.95. The first-order valence-corrected chi connectivity index (χ1v) is 8.10. The Morgan fingerprint density at radius 2 is 1.89 bits per heavy atom.